The zero-order valence-electron chi connectivity index (χ0n) is 17.5. The van der Waals surface area contributed by atoms with Crippen molar-refractivity contribution >= 4 is 0 Å². The first kappa shape index (κ1) is 18.1. The minimum Gasteiger partial charge on any atom is -0.325 e. The van der Waals surface area contributed by atoms with Gasteiger partial charge >= 0.3 is 0 Å². The van der Waals surface area contributed by atoms with Gasteiger partial charge in [-0.15, -0.1) is 0 Å². The summed E-state index contributed by atoms with van der Waals surface area (Å²) in [5.41, 5.74) is 10.3. The highest BCUT2D eigenvalue weighted by Crippen LogP contribution is 2.77. The molecule has 0 bridgehead atoms. The Morgan fingerprint density at radius 2 is 1.44 bits per heavy atom. The van der Waals surface area contributed by atoms with Gasteiger partial charge in [0, 0.05) is 5.54 Å². The Morgan fingerprint density at radius 3 is 2.12 bits per heavy atom. The van der Waals surface area contributed by atoms with E-state index in [9.17, 15) is 0 Å². The molecule has 142 valence electrons. The maximum atomic E-state index is 7.17. The summed E-state index contributed by atoms with van der Waals surface area (Å²) < 4.78 is 0. The summed E-state index contributed by atoms with van der Waals surface area (Å²) in [5.74, 6) is 1.56. The fourth-order valence-electron chi connectivity index (χ4n) is 9.06. The lowest BCUT2D eigenvalue weighted by molar-refractivity contribution is -0.212. The van der Waals surface area contributed by atoms with Crippen LogP contribution in [0.2, 0.25) is 0 Å². The van der Waals surface area contributed by atoms with Crippen LogP contribution >= 0.6 is 0 Å². The number of rotatable bonds is 1. The van der Waals surface area contributed by atoms with Crippen molar-refractivity contribution in [2.75, 3.05) is 0 Å². The molecule has 0 radical (unpaired) electrons. The summed E-state index contributed by atoms with van der Waals surface area (Å²) in [7, 11) is 0. The van der Waals surface area contributed by atoms with Gasteiger partial charge in [-0.1, -0.05) is 52.7 Å². The van der Waals surface area contributed by atoms with Crippen LogP contribution in [0.1, 0.15) is 98.8 Å². The molecule has 0 saturated heterocycles. The van der Waals surface area contributed by atoms with E-state index < -0.39 is 0 Å². The third-order valence-electron chi connectivity index (χ3n) is 11.1. The van der Waals surface area contributed by atoms with Crippen LogP contribution in [0.4, 0.5) is 0 Å². The van der Waals surface area contributed by atoms with Crippen molar-refractivity contribution in [3.8, 4) is 0 Å². The van der Waals surface area contributed by atoms with Gasteiger partial charge in [-0.2, -0.15) is 0 Å². The molecule has 0 aromatic carbocycles. The van der Waals surface area contributed by atoms with Crippen LogP contribution in [0.15, 0.2) is 12.2 Å². The first-order valence-corrected chi connectivity index (χ1v) is 11.0. The standard InChI is InChI=1S/C24H41N/c1-17(2)18-9-13-21(4)19-10-14-24(25)12-8-7-11-23(24,6)22(19,5)16-15-20(18,21)3/h18-19H,1,7-16,25H2,2-6H3. The quantitative estimate of drug-likeness (QED) is 0.542. The second-order valence-corrected chi connectivity index (χ2v) is 11.5. The lowest BCUT2D eigenvalue weighted by Gasteiger charge is -2.72. The van der Waals surface area contributed by atoms with Crippen LogP contribution in [0.5, 0.6) is 0 Å². The number of hydrogen-bond donors (Lipinski definition) is 1. The molecule has 0 aromatic heterocycles. The Labute approximate surface area is 156 Å². The Bertz CT molecular complexity index is 595. The van der Waals surface area contributed by atoms with Gasteiger partial charge in [0.25, 0.3) is 0 Å². The van der Waals surface area contributed by atoms with Crippen molar-refractivity contribution in [1.29, 1.82) is 0 Å². The molecule has 4 rings (SSSR count). The zero-order valence-corrected chi connectivity index (χ0v) is 17.5. The second-order valence-electron chi connectivity index (χ2n) is 11.5. The second kappa shape index (κ2) is 5.15. The van der Waals surface area contributed by atoms with Crippen LogP contribution in [-0.4, -0.2) is 5.54 Å². The van der Waals surface area contributed by atoms with Crippen LogP contribution in [0.3, 0.4) is 0 Å². The normalized spacial score (nSPS) is 58.2. The summed E-state index contributed by atoms with van der Waals surface area (Å²) in [5, 5.41) is 0. The monoisotopic (exact) mass is 343 g/mol. The Hall–Kier alpha value is -0.300. The predicted molar refractivity (Wildman–Crippen MR) is 107 cm³/mol. The summed E-state index contributed by atoms with van der Waals surface area (Å²) in [4.78, 5) is 0. The van der Waals surface area contributed by atoms with Crippen molar-refractivity contribution < 1.29 is 0 Å². The van der Waals surface area contributed by atoms with E-state index >= 15 is 0 Å². The molecule has 4 aliphatic rings. The SMILES string of the molecule is C=C(C)C1CCC2(C)C3CCC4(N)CCCCC4(C)C3(C)CCC12C. The van der Waals surface area contributed by atoms with E-state index in [0.717, 1.165) is 11.8 Å². The van der Waals surface area contributed by atoms with Crippen LogP contribution in [0, 0.1) is 33.5 Å². The van der Waals surface area contributed by atoms with Gasteiger partial charge in [0.1, 0.15) is 0 Å². The molecule has 1 heteroatoms. The van der Waals surface area contributed by atoms with E-state index in [2.05, 4.69) is 41.2 Å². The topological polar surface area (TPSA) is 26.0 Å². The van der Waals surface area contributed by atoms with E-state index in [4.69, 9.17) is 5.73 Å². The van der Waals surface area contributed by atoms with E-state index in [1.54, 1.807) is 0 Å². The lowest BCUT2D eigenvalue weighted by Crippen LogP contribution is -2.71. The largest absolute Gasteiger partial charge is 0.325 e. The minimum absolute atomic E-state index is 0.0902. The molecule has 4 saturated carbocycles. The summed E-state index contributed by atoms with van der Waals surface area (Å²) >= 11 is 0. The van der Waals surface area contributed by atoms with Crippen LogP contribution < -0.4 is 5.73 Å². The van der Waals surface area contributed by atoms with Gasteiger partial charge in [0.15, 0.2) is 0 Å². The van der Waals surface area contributed by atoms with Crippen molar-refractivity contribution in [2.45, 2.75) is 104 Å². The van der Waals surface area contributed by atoms with Crippen molar-refractivity contribution in [1.82, 2.24) is 0 Å². The number of nitrogens with two attached hydrogens (primary N) is 1. The molecule has 4 fully saturated rings. The van der Waals surface area contributed by atoms with E-state index in [0.29, 0.717) is 21.7 Å². The molecule has 25 heavy (non-hydrogen) atoms. The van der Waals surface area contributed by atoms with Gasteiger partial charge < -0.3 is 5.73 Å². The molecular weight excluding hydrogens is 302 g/mol. The molecule has 7 atom stereocenters. The predicted octanol–water partition coefficient (Wildman–Crippen LogP) is 6.47. The number of fused-ring (bicyclic) bond motifs is 5. The van der Waals surface area contributed by atoms with Crippen LogP contribution in [-0.2, 0) is 0 Å². The fourth-order valence-corrected chi connectivity index (χ4v) is 9.06. The molecule has 4 aliphatic carbocycles. The van der Waals surface area contributed by atoms with Crippen molar-refractivity contribution in [3.05, 3.63) is 12.2 Å². The van der Waals surface area contributed by atoms with E-state index in [1.165, 1.54) is 69.8 Å². The minimum atomic E-state index is 0.0902. The molecule has 2 N–H and O–H groups in total. The highest BCUT2D eigenvalue weighted by Gasteiger charge is 2.71. The Kier molecular flexibility index (Phi) is 3.72. The zero-order chi connectivity index (χ0) is 18.3. The highest BCUT2D eigenvalue weighted by atomic mass is 14.9. The third kappa shape index (κ3) is 1.90. The maximum Gasteiger partial charge on any atom is 0.0214 e. The van der Waals surface area contributed by atoms with Gasteiger partial charge in [-0.05, 0) is 91.8 Å². The molecule has 0 aromatic rings. The highest BCUT2D eigenvalue weighted by molar-refractivity contribution is 5.24. The Morgan fingerprint density at radius 1 is 0.800 bits per heavy atom. The Balaban J connectivity index is 1.79. The van der Waals surface area contributed by atoms with Crippen molar-refractivity contribution in [3.63, 3.8) is 0 Å². The molecule has 0 heterocycles. The smallest absolute Gasteiger partial charge is 0.0214 e. The van der Waals surface area contributed by atoms with E-state index in [-0.39, 0.29) is 5.54 Å². The molecular formula is C24H41N. The molecule has 0 aliphatic heterocycles. The number of hydrogen-bond acceptors (Lipinski definition) is 1. The van der Waals surface area contributed by atoms with Crippen LogP contribution in [0.25, 0.3) is 0 Å². The average molecular weight is 344 g/mol. The summed E-state index contributed by atoms with van der Waals surface area (Å²) in [6.07, 6.45) is 13.5. The number of allylic oxidation sites excluding steroid dienone is 1. The molecule has 1 nitrogen and oxygen atoms in total. The maximum absolute atomic E-state index is 7.17. The van der Waals surface area contributed by atoms with E-state index in [1.807, 2.05) is 0 Å². The van der Waals surface area contributed by atoms with Gasteiger partial charge in [-0.3, -0.25) is 0 Å². The molecule has 0 amide bonds. The summed E-state index contributed by atoms with van der Waals surface area (Å²) in [6, 6.07) is 0. The first-order chi connectivity index (χ1) is 11.5. The third-order valence-corrected chi connectivity index (χ3v) is 11.1. The van der Waals surface area contributed by atoms with Gasteiger partial charge in [0.05, 0.1) is 0 Å². The first-order valence-electron chi connectivity index (χ1n) is 11.0. The average Bonchev–Trinajstić information content (AvgIpc) is 2.81. The molecule has 7 unspecified atom stereocenters. The lowest BCUT2D eigenvalue weighted by atomic mass is 9.33. The fraction of sp³-hybridized carbons (Fsp3) is 0.917. The summed E-state index contributed by atoms with van der Waals surface area (Å²) in [6.45, 7) is 17.2. The molecule has 0 spiro atoms. The van der Waals surface area contributed by atoms with Gasteiger partial charge in [0.2, 0.25) is 0 Å². The van der Waals surface area contributed by atoms with Crippen molar-refractivity contribution in [2.24, 2.45) is 39.2 Å². The van der Waals surface area contributed by atoms with Gasteiger partial charge in [-0.25, -0.2) is 0 Å².